The Bertz CT molecular complexity index is 156. The first kappa shape index (κ1) is 6.12. The molecule has 2 rings (SSSR count). The summed E-state index contributed by atoms with van der Waals surface area (Å²) in [6, 6.07) is 0. The third-order valence-corrected chi connectivity index (χ3v) is 6.73. The molecule has 2 aliphatic rings. The minimum absolute atomic E-state index is 0.961. The second-order valence-corrected chi connectivity index (χ2v) is 11.1. The molecule has 0 spiro atoms. The first-order valence-electron chi connectivity index (χ1n) is 3.63. The van der Waals surface area contributed by atoms with Gasteiger partial charge >= 0.3 is 56.0 Å². The SMILES string of the molecule is CP1(C)(C)OCC2CC21. The third-order valence-electron chi connectivity index (χ3n) is 2.77. The summed E-state index contributed by atoms with van der Waals surface area (Å²) in [5, 5.41) is 0. The quantitative estimate of drug-likeness (QED) is 0.473. The van der Waals surface area contributed by atoms with E-state index in [4.69, 9.17) is 4.52 Å². The molecule has 0 bridgehead atoms. The Labute approximate surface area is 56.8 Å². The van der Waals surface area contributed by atoms with Crippen molar-refractivity contribution in [2.24, 2.45) is 5.92 Å². The van der Waals surface area contributed by atoms with Crippen LogP contribution in [-0.2, 0) is 4.52 Å². The van der Waals surface area contributed by atoms with Crippen LogP contribution in [-0.4, -0.2) is 32.3 Å². The second kappa shape index (κ2) is 1.22. The van der Waals surface area contributed by atoms with Gasteiger partial charge in [0, 0.05) is 0 Å². The summed E-state index contributed by atoms with van der Waals surface area (Å²) in [6.45, 7) is 6.59. The van der Waals surface area contributed by atoms with Crippen LogP contribution >= 0.6 is 6.83 Å². The molecule has 0 aromatic carbocycles. The fraction of sp³-hybridized carbons (Fsp3) is 1.00. The van der Waals surface area contributed by atoms with Gasteiger partial charge in [-0.1, -0.05) is 0 Å². The van der Waals surface area contributed by atoms with Crippen LogP contribution in [0, 0.1) is 5.92 Å². The molecule has 54 valence electrons. The van der Waals surface area contributed by atoms with E-state index in [0.29, 0.717) is 0 Å². The summed E-state index contributed by atoms with van der Waals surface area (Å²) < 4.78 is 5.82. The molecule has 2 heteroatoms. The van der Waals surface area contributed by atoms with E-state index in [1.54, 1.807) is 0 Å². The number of fused-ring (bicyclic) bond motifs is 1. The van der Waals surface area contributed by atoms with Crippen LogP contribution < -0.4 is 0 Å². The first-order chi connectivity index (χ1) is 3.97. The average molecular weight is 146 g/mol. The van der Waals surface area contributed by atoms with Crippen LogP contribution in [0.25, 0.3) is 0 Å². The second-order valence-electron chi connectivity index (χ2n) is 4.63. The van der Waals surface area contributed by atoms with Gasteiger partial charge in [0.1, 0.15) is 0 Å². The zero-order valence-corrected chi connectivity index (χ0v) is 7.32. The van der Waals surface area contributed by atoms with E-state index >= 15 is 0 Å². The van der Waals surface area contributed by atoms with Crippen LogP contribution in [0.4, 0.5) is 0 Å². The molecule has 0 radical (unpaired) electrons. The van der Waals surface area contributed by atoms with Crippen molar-refractivity contribution in [3.05, 3.63) is 0 Å². The summed E-state index contributed by atoms with van der Waals surface area (Å²) in [6.07, 6.45) is 1.46. The van der Waals surface area contributed by atoms with Gasteiger partial charge in [-0.3, -0.25) is 0 Å². The van der Waals surface area contributed by atoms with Gasteiger partial charge in [-0.15, -0.1) is 0 Å². The molecule has 1 aliphatic carbocycles. The van der Waals surface area contributed by atoms with Gasteiger partial charge in [-0.2, -0.15) is 0 Å². The van der Waals surface area contributed by atoms with Crippen molar-refractivity contribution in [1.82, 2.24) is 0 Å². The third kappa shape index (κ3) is 0.749. The Morgan fingerprint density at radius 2 is 2.00 bits per heavy atom. The minimum atomic E-state index is -1.52. The Balaban J connectivity index is 2.31. The fourth-order valence-corrected chi connectivity index (χ4v) is 5.38. The predicted octanol–water partition coefficient (Wildman–Crippen LogP) is 1.76. The Hall–Kier alpha value is 0.390. The first-order valence-corrected chi connectivity index (χ1v) is 7.19. The van der Waals surface area contributed by atoms with Crippen LogP contribution in [0.2, 0.25) is 0 Å². The van der Waals surface area contributed by atoms with E-state index in [1.165, 1.54) is 6.42 Å². The number of rotatable bonds is 0. The van der Waals surface area contributed by atoms with Gasteiger partial charge < -0.3 is 0 Å². The zero-order valence-electron chi connectivity index (χ0n) is 6.42. The summed E-state index contributed by atoms with van der Waals surface area (Å²) >= 11 is 0. The summed E-state index contributed by atoms with van der Waals surface area (Å²) in [5.74, 6) is 0.961. The Morgan fingerprint density at radius 3 is 2.11 bits per heavy atom. The standard InChI is InChI=1S/C7H15OP/c1-9(2,3)7-4-6(7)5-8-9/h6-7H,4-5H2,1-3H3. The molecule has 2 unspecified atom stereocenters. The van der Waals surface area contributed by atoms with Crippen molar-refractivity contribution in [2.45, 2.75) is 12.1 Å². The number of hydrogen-bond donors (Lipinski definition) is 0. The molecule has 0 aromatic rings. The van der Waals surface area contributed by atoms with Crippen molar-refractivity contribution >= 4 is 6.83 Å². The molecule has 2 fully saturated rings. The van der Waals surface area contributed by atoms with Gasteiger partial charge in [0.15, 0.2) is 0 Å². The van der Waals surface area contributed by atoms with Crippen molar-refractivity contribution in [3.8, 4) is 0 Å². The molecule has 1 saturated carbocycles. The van der Waals surface area contributed by atoms with Gasteiger partial charge in [-0.05, 0) is 0 Å². The van der Waals surface area contributed by atoms with Crippen LogP contribution in [0.1, 0.15) is 6.42 Å². The summed E-state index contributed by atoms with van der Waals surface area (Å²) in [7, 11) is 0. The van der Waals surface area contributed by atoms with Gasteiger partial charge in [0.25, 0.3) is 0 Å². The average Bonchev–Trinajstić information content (AvgIpc) is 2.33. The monoisotopic (exact) mass is 146 g/mol. The fourth-order valence-electron chi connectivity index (χ4n) is 1.95. The summed E-state index contributed by atoms with van der Waals surface area (Å²) in [5.41, 5.74) is 0.982. The molecule has 1 aliphatic heterocycles. The van der Waals surface area contributed by atoms with Crippen LogP contribution in [0.3, 0.4) is 0 Å². The van der Waals surface area contributed by atoms with E-state index in [1.807, 2.05) is 0 Å². The Kier molecular flexibility index (Phi) is 0.829. The van der Waals surface area contributed by atoms with Crippen molar-refractivity contribution in [2.75, 3.05) is 26.6 Å². The Morgan fingerprint density at radius 1 is 1.33 bits per heavy atom. The molecule has 0 amide bonds. The molecule has 0 N–H and O–H groups in total. The molecule has 1 heterocycles. The molecule has 2 atom stereocenters. The van der Waals surface area contributed by atoms with Gasteiger partial charge in [0.2, 0.25) is 0 Å². The predicted molar refractivity (Wildman–Crippen MR) is 42.5 cm³/mol. The maximum absolute atomic E-state index is 5.82. The van der Waals surface area contributed by atoms with E-state index in [0.717, 1.165) is 18.2 Å². The van der Waals surface area contributed by atoms with Crippen molar-refractivity contribution in [3.63, 3.8) is 0 Å². The topological polar surface area (TPSA) is 9.23 Å². The maximum atomic E-state index is 5.82. The van der Waals surface area contributed by atoms with Gasteiger partial charge in [0.05, 0.1) is 0 Å². The number of hydrogen-bond acceptors (Lipinski definition) is 1. The van der Waals surface area contributed by atoms with Crippen LogP contribution in [0.5, 0.6) is 0 Å². The summed E-state index contributed by atoms with van der Waals surface area (Å²) in [4.78, 5) is 0. The van der Waals surface area contributed by atoms with E-state index in [-0.39, 0.29) is 0 Å². The van der Waals surface area contributed by atoms with E-state index < -0.39 is 6.83 Å². The molecule has 1 nitrogen and oxygen atoms in total. The van der Waals surface area contributed by atoms with Crippen molar-refractivity contribution in [1.29, 1.82) is 0 Å². The molecular weight excluding hydrogens is 131 g/mol. The zero-order chi connectivity index (χ0) is 6.72. The van der Waals surface area contributed by atoms with Crippen molar-refractivity contribution < 1.29 is 4.52 Å². The normalized spacial score (nSPS) is 55.2. The van der Waals surface area contributed by atoms with Gasteiger partial charge in [-0.25, -0.2) is 0 Å². The molecule has 9 heavy (non-hydrogen) atoms. The van der Waals surface area contributed by atoms with E-state index in [2.05, 4.69) is 20.0 Å². The molecular formula is C7H15OP. The van der Waals surface area contributed by atoms with E-state index in [9.17, 15) is 0 Å². The van der Waals surface area contributed by atoms with Crippen LogP contribution in [0.15, 0.2) is 0 Å². The molecule has 0 aromatic heterocycles. The molecule has 1 saturated heterocycles.